The van der Waals surface area contributed by atoms with Crippen molar-refractivity contribution in [2.75, 3.05) is 11.1 Å². The molecule has 1 aromatic carbocycles. The number of Topliss-reactive ketones (excluding diaryl/α,β-unsaturated/α-hetero) is 1. The van der Waals surface area contributed by atoms with E-state index in [0.717, 1.165) is 27.9 Å². The molecule has 1 N–H and O–H groups in total. The van der Waals surface area contributed by atoms with Crippen LogP contribution in [0.1, 0.15) is 40.7 Å². The molecule has 0 spiro atoms. The fourth-order valence-electron chi connectivity index (χ4n) is 2.68. The van der Waals surface area contributed by atoms with E-state index in [1.807, 2.05) is 6.07 Å². The molecule has 1 saturated carbocycles. The van der Waals surface area contributed by atoms with Crippen LogP contribution in [0.3, 0.4) is 0 Å². The maximum Gasteiger partial charge on any atom is 0.206 e. The average molecular weight is 331 g/mol. The molecule has 6 heteroatoms. The van der Waals surface area contributed by atoms with Crippen LogP contribution in [-0.2, 0) is 12.8 Å². The molecule has 1 aromatic heterocycles. The minimum Gasteiger partial charge on any atom is -0.357 e. The fourth-order valence-corrected chi connectivity index (χ4v) is 4.41. The van der Waals surface area contributed by atoms with Crippen LogP contribution in [0.5, 0.6) is 0 Å². The van der Waals surface area contributed by atoms with Crippen LogP contribution in [0.2, 0.25) is 0 Å². The van der Waals surface area contributed by atoms with Gasteiger partial charge in [0.2, 0.25) is 5.13 Å². The Bertz CT molecular complexity index is 709. The first-order chi connectivity index (χ1) is 10.8. The van der Waals surface area contributed by atoms with Gasteiger partial charge in [-0.1, -0.05) is 35.2 Å². The standard InChI is InChI=1S/C16H17N3OS2/c20-14(12-5-4-10-2-1-3-11(10)8-12)9-21-16-19-18-15(22-16)17-13-6-7-13/h4-5,8,13H,1-3,6-7,9H2,(H,17,18). The van der Waals surface area contributed by atoms with Crippen LogP contribution in [0, 0.1) is 0 Å². The number of aromatic nitrogens is 2. The lowest BCUT2D eigenvalue weighted by Crippen LogP contribution is -2.03. The molecule has 0 unspecified atom stereocenters. The van der Waals surface area contributed by atoms with Gasteiger partial charge in [-0.05, 0) is 49.3 Å². The Labute approximate surface area is 137 Å². The Hall–Kier alpha value is -1.40. The number of fused-ring (bicyclic) bond motifs is 1. The molecule has 114 valence electrons. The van der Waals surface area contributed by atoms with Crippen LogP contribution in [-0.4, -0.2) is 27.8 Å². The van der Waals surface area contributed by atoms with Gasteiger partial charge in [0.05, 0.1) is 5.75 Å². The molecule has 2 aliphatic rings. The summed E-state index contributed by atoms with van der Waals surface area (Å²) >= 11 is 3.02. The largest absolute Gasteiger partial charge is 0.357 e. The molecule has 0 atom stereocenters. The topological polar surface area (TPSA) is 54.9 Å². The lowest BCUT2D eigenvalue weighted by Gasteiger charge is -2.03. The Morgan fingerprint density at radius 2 is 2.14 bits per heavy atom. The van der Waals surface area contributed by atoms with E-state index in [4.69, 9.17) is 0 Å². The van der Waals surface area contributed by atoms with E-state index >= 15 is 0 Å². The average Bonchev–Trinajstić information content (AvgIpc) is 3.04. The van der Waals surface area contributed by atoms with Gasteiger partial charge in [0.15, 0.2) is 10.1 Å². The molecular weight excluding hydrogens is 314 g/mol. The van der Waals surface area contributed by atoms with E-state index in [-0.39, 0.29) is 5.78 Å². The molecule has 22 heavy (non-hydrogen) atoms. The number of nitrogens with one attached hydrogen (secondary N) is 1. The third kappa shape index (κ3) is 3.17. The predicted molar refractivity (Wildman–Crippen MR) is 90.1 cm³/mol. The Kier molecular flexibility index (Phi) is 3.88. The predicted octanol–water partition coefficient (Wildman–Crippen LogP) is 3.58. The number of anilines is 1. The molecule has 0 saturated heterocycles. The molecule has 0 bridgehead atoms. The van der Waals surface area contributed by atoms with E-state index in [0.29, 0.717) is 11.8 Å². The molecule has 4 nitrogen and oxygen atoms in total. The van der Waals surface area contributed by atoms with Gasteiger partial charge in [-0.15, -0.1) is 10.2 Å². The van der Waals surface area contributed by atoms with Gasteiger partial charge >= 0.3 is 0 Å². The number of carbonyl (C=O) groups excluding carboxylic acids is 1. The molecule has 0 aliphatic heterocycles. The molecule has 4 rings (SSSR count). The van der Waals surface area contributed by atoms with Crippen LogP contribution < -0.4 is 5.32 Å². The Balaban J connectivity index is 1.36. The minimum atomic E-state index is 0.173. The summed E-state index contributed by atoms with van der Waals surface area (Å²) < 4.78 is 0.859. The van der Waals surface area contributed by atoms with Crippen molar-refractivity contribution in [1.82, 2.24) is 10.2 Å². The second kappa shape index (κ2) is 6.01. The molecule has 0 radical (unpaired) electrons. The monoisotopic (exact) mass is 331 g/mol. The summed E-state index contributed by atoms with van der Waals surface area (Å²) in [5, 5.41) is 12.5. The second-order valence-corrected chi connectivity index (χ2v) is 8.04. The van der Waals surface area contributed by atoms with Crippen molar-refractivity contribution < 1.29 is 4.79 Å². The Morgan fingerprint density at radius 1 is 1.27 bits per heavy atom. The SMILES string of the molecule is O=C(CSc1nnc(NC2CC2)s1)c1ccc2c(c1)CCC2. The number of thioether (sulfide) groups is 1. The van der Waals surface area contributed by atoms with Crippen LogP contribution >= 0.6 is 23.1 Å². The summed E-state index contributed by atoms with van der Waals surface area (Å²) in [4.78, 5) is 12.3. The highest BCUT2D eigenvalue weighted by Gasteiger charge is 2.22. The molecule has 2 aromatic rings. The number of ketones is 1. The van der Waals surface area contributed by atoms with Gasteiger partial charge in [-0.25, -0.2) is 0 Å². The number of benzene rings is 1. The van der Waals surface area contributed by atoms with Crippen LogP contribution in [0.25, 0.3) is 0 Å². The molecule has 1 fully saturated rings. The van der Waals surface area contributed by atoms with Gasteiger partial charge in [0, 0.05) is 11.6 Å². The van der Waals surface area contributed by atoms with Crippen LogP contribution in [0.4, 0.5) is 5.13 Å². The van der Waals surface area contributed by atoms with Crippen molar-refractivity contribution in [3.8, 4) is 0 Å². The van der Waals surface area contributed by atoms with Crippen LogP contribution in [0.15, 0.2) is 22.5 Å². The zero-order valence-corrected chi connectivity index (χ0v) is 13.8. The first-order valence-corrected chi connectivity index (χ1v) is 9.46. The van der Waals surface area contributed by atoms with Gasteiger partial charge < -0.3 is 5.32 Å². The highest BCUT2D eigenvalue weighted by Crippen LogP contribution is 2.30. The van der Waals surface area contributed by atoms with Crippen molar-refractivity contribution in [2.45, 2.75) is 42.5 Å². The number of carbonyl (C=O) groups is 1. The van der Waals surface area contributed by atoms with E-state index in [1.165, 1.54) is 53.5 Å². The number of aryl methyl sites for hydroxylation is 2. The quantitative estimate of drug-likeness (QED) is 0.648. The van der Waals surface area contributed by atoms with Gasteiger partial charge in [-0.3, -0.25) is 4.79 Å². The first kappa shape index (κ1) is 14.2. The van der Waals surface area contributed by atoms with Crippen molar-refractivity contribution in [3.05, 3.63) is 34.9 Å². The van der Waals surface area contributed by atoms with E-state index < -0.39 is 0 Å². The van der Waals surface area contributed by atoms with Crippen molar-refractivity contribution >= 4 is 34.0 Å². The maximum absolute atomic E-state index is 12.3. The number of hydrogen-bond acceptors (Lipinski definition) is 6. The van der Waals surface area contributed by atoms with Gasteiger partial charge in [-0.2, -0.15) is 0 Å². The van der Waals surface area contributed by atoms with E-state index in [9.17, 15) is 4.79 Å². The van der Waals surface area contributed by atoms with Crippen molar-refractivity contribution in [3.63, 3.8) is 0 Å². The van der Waals surface area contributed by atoms with Crippen molar-refractivity contribution in [1.29, 1.82) is 0 Å². The summed E-state index contributed by atoms with van der Waals surface area (Å²) in [6, 6.07) is 6.74. The third-order valence-electron chi connectivity index (χ3n) is 4.06. The lowest BCUT2D eigenvalue weighted by molar-refractivity contribution is 0.102. The molecule has 1 heterocycles. The summed E-state index contributed by atoms with van der Waals surface area (Å²) in [6.07, 6.45) is 5.91. The molecular formula is C16H17N3OS2. The smallest absolute Gasteiger partial charge is 0.206 e. The molecule has 0 amide bonds. The maximum atomic E-state index is 12.3. The summed E-state index contributed by atoms with van der Waals surface area (Å²) in [7, 11) is 0. The van der Waals surface area contributed by atoms with Gasteiger partial charge in [0.25, 0.3) is 0 Å². The highest BCUT2D eigenvalue weighted by molar-refractivity contribution is 8.01. The lowest BCUT2D eigenvalue weighted by atomic mass is 10.0. The number of hydrogen-bond donors (Lipinski definition) is 1. The van der Waals surface area contributed by atoms with Crippen molar-refractivity contribution in [2.24, 2.45) is 0 Å². The number of nitrogens with zero attached hydrogens (tertiary/aromatic N) is 2. The number of rotatable bonds is 6. The first-order valence-electron chi connectivity index (χ1n) is 7.66. The van der Waals surface area contributed by atoms with Gasteiger partial charge in [0.1, 0.15) is 0 Å². The summed E-state index contributed by atoms with van der Waals surface area (Å²) in [5.41, 5.74) is 3.58. The summed E-state index contributed by atoms with van der Waals surface area (Å²) in [5.74, 6) is 0.600. The molecule has 2 aliphatic carbocycles. The zero-order valence-electron chi connectivity index (χ0n) is 12.2. The fraction of sp³-hybridized carbons (Fsp3) is 0.438. The second-order valence-electron chi connectivity index (χ2n) is 5.84. The Morgan fingerprint density at radius 3 is 3.00 bits per heavy atom. The third-order valence-corrected chi connectivity index (χ3v) is 6.05. The van der Waals surface area contributed by atoms with E-state index in [2.05, 4.69) is 27.6 Å². The minimum absolute atomic E-state index is 0.173. The normalized spacial score (nSPS) is 16.5. The van der Waals surface area contributed by atoms with E-state index in [1.54, 1.807) is 0 Å². The zero-order chi connectivity index (χ0) is 14.9. The highest BCUT2D eigenvalue weighted by atomic mass is 32.2. The summed E-state index contributed by atoms with van der Waals surface area (Å²) in [6.45, 7) is 0.